The number of aliphatic hydroxyl groups is 1. The topological polar surface area (TPSA) is 95.1 Å². The van der Waals surface area contributed by atoms with Crippen LogP contribution in [-0.2, 0) is 16.6 Å². The van der Waals surface area contributed by atoms with Gasteiger partial charge in [-0.1, -0.05) is 12.1 Å². The SMILES string of the molecule is Cc1[nH]ncc1CNS(=O)(=O)c1ccc(C(C)O)cc1. The number of hydrogen-bond acceptors (Lipinski definition) is 4. The van der Waals surface area contributed by atoms with E-state index in [1.807, 2.05) is 6.92 Å². The number of sulfonamides is 1. The molecule has 0 radical (unpaired) electrons. The Morgan fingerprint density at radius 3 is 2.50 bits per heavy atom. The van der Waals surface area contributed by atoms with E-state index in [2.05, 4.69) is 14.9 Å². The van der Waals surface area contributed by atoms with Gasteiger partial charge in [0.05, 0.1) is 17.2 Å². The van der Waals surface area contributed by atoms with Crippen LogP contribution in [0.5, 0.6) is 0 Å². The fraction of sp³-hybridized carbons (Fsp3) is 0.308. The highest BCUT2D eigenvalue weighted by Crippen LogP contribution is 2.16. The number of H-pyrrole nitrogens is 1. The molecule has 1 unspecified atom stereocenters. The van der Waals surface area contributed by atoms with Gasteiger partial charge < -0.3 is 5.11 Å². The number of aromatic nitrogens is 2. The lowest BCUT2D eigenvalue weighted by Crippen LogP contribution is -2.23. The van der Waals surface area contributed by atoms with Crippen LogP contribution in [0.25, 0.3) is 0 Å². The van der Waals surface area contributed by atoms with E-state index < -0.39 is 16.1 Å². The van der Waals surface area contributed by atoms with E-state index >= 15 is 0 Å². The van der Waals surface area contributed by atoms with Crippen LogP contribution >= 0.6 is 0 Å². The summed E-state index contributed by atoms with van der Waals surface area (Å²) in [5, 5.41) is 16.0. The monoisotopic (exact) mass is 295 g/mol. The fourth-order valence-corrected chi connectivity index (χ4v) is 2.74. The van der Waals surface area contributed by atoms with Crippen molar-refractivity contribution in [2.24, 2.45) is 0 Å². The molecule has 20 heavy (non-hydrogen) atoms. The van der Waals surface area contributed by atoms with Gasteiger partial charge in [-0.05, 0) is 31.5 Å². The molecular formula is C13H17N3O3S. The summed E-state index contributed by atoms with van der Waals surface area (Å²) in [6.07, 6.45) is 0.974. The van der Waals surface area contributed by atoms with Gasteiger partial charge >= 0.3 is 0 Å². The minimum Gasteiger partial charge on any atom is -0.389 e. The molecule has 0 saturated carbocycles. The number of benzene rings is 1. The lowest BCUT2D eigenvalue weighted by Gasteiger charge is -2.08. The number of nitrogens with one attached hydrogen (secondary N) is 2. The lowest BCUT2D eigenvalue weighted by molar-refractivity contribution is 0.199. The number of aryl methyl sites for hydroxylation is 1. The van der Waals surface area contributed by atoms with Crippen molar-refractivity contribution in [1.82, 2.24) is 14.9 Å². The zero-order valence-electron chi connectivity index (χ0n) is 11.3. The van der Waals surface area contributed by atoms with Crippen molar-refractivity contribution in [2.75, 3.05) is 0 Å². The standard InChI is InChI=1S/C13H17N3O3S/c1-9-12(7-14-16-9)8-15-20(18,19)13-5-3-11(4-6-13)10(2)17/h3-7,10,15,17H,8H2,1-2H3,(H,14,16). The van der Waals surface area contributed by atoms with Gasteiger partial charge in [0.2, 0.25) is 10.0 Å². The van der Waals surface area contributed by atoms with E-state index in [-0.39, 0.29) is 11.4 Å². The maximum Gasteiger partial charge on any atom is 0.240 e. The summed E-state index contributed by atoms with van der Waals surface area (Å²) in [7, 11) is -3.57. The Morgan fingerprint density at radius 2 is 2.00 bits per heavy atom. The first-order chi connectivity index (χ1) is 9.40. The van der Waals surface area contributed by atoms with E-state index in [1.54, 1.807) is 25.3 Å². The highest BCUT2D eigenvalue weighted by Gasteiger charge is 2.15. The van der Waals surface area contributed by atoms with Crippen LogP contribution in [0.15, 0.2) is 35.4 Å². The highest BCUT2D eigenvalue weighted by molar-refractivity contribution is 7.89. The van der Waals surface area contributed by atoms with Gasteiger partial charge in [-0.2, -0.15) is 5.10 Å². The van der Waals surface area contributed by atoms with Crippen molar-refractivity contribution in [3.63, 3.8) is 0 Å². The summed E-state index contributed by atoms with van der Waals surface area (Å²) in [5.41, 5.74) is 2.31. The predicted octanol–water partition coefficient (Wildman–Crippen LogP) is 1.25. The Morgan fingerprint density at radius 1 is 1.35 bits per heavy atom. The van der Waals surface area contributed by atoms with Crippen LogP contribution in [0.3, 0.4) is 0 Å². The molecule has 0 amide bonds. The summed E-state index contributed by atoms with van der Waals surface area (Å²) in [4.78, 5) is 0.169. The Labute approximate surface area is 117 Å². The van der Waals surface area contributed by atoms with Gasteiger partial charge in [-0.25, -0.2) is 13.1 Å². The Kier molecular flexibility index (Phi) is 4.22. The van der Waals surface area contributed by atoms with Crippen molar-refractivity contribution in [3.8, 4) is 0 Å². The molecule has 6 nitrogen and oxygen atoms in total. The average molecular weight is 295 g/mol. The second kappa shape index (κ2) is 5.74. The third-order valence-corrected chi connectivity index (χ3v) is 4.48. The third kappa shape index (κ3) is 3.24. The molecule has 1 aromatic heterocycles. The molecule has 7 heteroatoms. The molecule has 0 aliphatic heterocycles. The largest absolute Gasteiger partial charge is 0.389 e. The number of rotatable bonds is 5. The van der Waals surface area contributed by atoms with E-state index in [0.29, 0.717) is 5.56 Å². The summed E-state index contributed by atoms with van der Waals surface area (Å²) in [6.45, 7) is 3.64. The minimum atomic E-state index is -3.57. The van der Waals surface area contributed by atoms with Gasteiger partial charge in [0.25, 0.3) is 0 Å². The molecule has 2 aromatic rings. The second-order valence-corrected chi connectivity index (χ2v) is 6.36. The fourth-order valence-electron chi connectivity index (χ4n) is 1.74. The molecule has 1 atom stereocenters. The smallest absolute Gasteiger partial charge is 0.240 e. The van der Waals surface area contributed by atoms with Gasteiger partial charge in [0.1, 0.15) is 0 Å². The minimum absolute atomic E-state index is 0.169. The van der Waals surface area contributed by atoms with Crippen LogP contribution in [0.1, 0.15) is 29.8 Å². The summed E-state index contributed by atoms with van der Waals surface area (Å²) >= 11 is 0. The van der Waals surface area contributed by atoms with E-state index in [4.69, 9.17) is 0 Å². The number of nitrogens with zero attached hydrogens (tertiary/aromatic N) is 1. The Bertz CT molecular complexity index is 675. The molecular weight excluding hydrogens is 278 g/mol. The Balaban J connectivity index is 2.12. The third-order valence-electron chi connectivity index (χ3n) is 3.06. The quantitative estimate of drug-likeness (QED) is 0.773. The van der Waals surface area contributed by atoms with E-state index in [0.717, 1.165) is 11.3 Å². The van der Waals surface area contributed by atoms with Crippen molar-refractivity contribution in [2.45, 2.75) is 31.4 Å². The van der Waals surface area contributed by atoms with Crippen LogP contribution < -0.4 is 4.72 Å². The van der Waals surface area contributed by atoms with E-state index in [1.165, 1.54) is 12.1 Å². The normalized spacial score (nSPS) is 13.3. The van der Waals surface area contributed by atoms with Gasteiger partial charge in [-0.15, -0.1) is 0 Å². The molecule has 1 heterocycles. The van der Waals surface area contributed by atoms with Crippen molar-refractivity contribution in [3.05, 3.63) is 47.3 Å². The molecule has 0 bridgehead atoms. The summed E-state index contributed by atoms with van der Waals surface area (Å²) in [5.74, 6) is 0. The lowest BCUT2D eigenvalue weighted by atomic mass is 10.1. The van der Waals surface area contributed by atoms with E-state index in [9.17, 15) is 13.5 Å². The molecule has 0 aliphatic carbocycles. The van der Waals surface area contributed by atoms with Crippen LogP contribution in [-0.4, -0.2) is 23.7 Å². The highest BCUT2D eigenvalue weighted by atomic mass is 32.2. The number of aromatic amines is 1. The molecule has 2 rings (SSSR count). The summed E-state index contributed by atoms with van der Waals surface area (Å²) in [6, 6.07) is 6.16. The molecule has 0 fully saturated rings. The Hall–Kier alpha value is -1.70. The molecule has 108 valence electrons. The zero-order valence-corrected chi connectivity index (χ0v) is 12.1. The van der Waals surface area contributed by atoms with Crippen LogP contribution in [0.4, 0.5) is 0 Å². The maximum atomic E-state index is 12.1. The molecule has 0 saturated heterocycles. The molecule has 0 spiro atoms. The summed E-state index contributed by atoms with van der Waals surface area (Å²) < 4.78 is 26.7. The molecule has 0 aliphatic rings. The zero-order chi connectivity index (χ0) is 14.8. The van der Waals surface area contributed by atoms with Crippen molar-refractivity contribution < 1.29 is 13.5 Å². The first-order valence-corrected chi connectivity index (χ1v) is 7.65. The van der Waals surface area contributed by atoms with Crippen molar-refractivity contribution in [1.29, 1.82) is 0 Å². The van der Waals surface area contributed by atoms with Crippen LogP contribution in [0.2, 0.25) is 0 Å². The first kappa shape index (κ1) is 14.7. The first-order valence-electron chi connectivity index (χ1n) is 6.16. The number of aliphatic hydroxyl groups excluding tert-OH is 1. The maximum absolute atomic E-state index is 12.1. The van der Waals surface area contributed by atoms with Crippen molar-refractivity contribution >= 4 is 10.0 Å². The average Bonchev–Trinajstić information content (AvgIpc) is 2.82. The van der Waals surface area contributed by atoms with Gasteiger partial charge in [0.15, 0.2) is 0 Å². The molecule has 1 aromatic carbocycles. The van der Waals surface area contributed by atoms with Gasteiger partial charge in [0, 0.05) is 17.8 Å². The van der Waals surface area contributed by atoms with Crippen LogP contribution in [0, 0.1) is 6.92 Å². The predicted molar refractivity (Wildman–Crippen MR) is 74.4 cm³/mol. The second-order valence-electron chi connectivity index (χ2n) is 4.59. The number of hydrogen-bond donors (Lipinski definition) is 3. The molecule has 3 N–H and O–H groups in total. The van der Waals surface area contributed by atoms with Gasteiger partial charge in [-0.3, -0.25) is 5.10 Å².